The molecule has 18 heavy (non-hydrogen) atoms. The number of primary amides is 1. The van der Waals surface area contributed by atoms with Crippen LogP contribution in [-0.2, 0) is 4.79 Å². The van der Waals surface area contributed by atoms with E-state index in [9.17, 15) is 4.79 Å². The van der Waals surface area contributed by atoms with Gasteiger partial charge in [0.15, 0.2) is 0 Å². The summed E-state index contributed by atoms with van der Waals surface area (Å²) in [5, 5.41) is 0. The summed E-state index contributed by atoms with van der Waals surface area (Å²) in [5.74, 6) is -0.410. The summed E-state index contributed by atoms with van der Waals surface area (Å²) in [6.45, 7) is 11.7. The number of piperazine rings is 1. The van der Waals surface area contributed by atoms with Crippen molar-refractivity contribution in [1.29, 1.82) is 0 Å². The third-order valence-electron chi connectivity index (χ3n) is 3.99. The molecule has 106 valence electrons. The van der Waals surface area contributed by atoms with Gasteiger partial charge in [0.1, 0.15) is 0 Å². The molecule has 2 unspecified atom stereocenters. The molecule has 0 aromatic carbocycles. The largest absolute Gasteiger partial charge is 0.368 e. The fourth-order valence-electron chi connectivity index (χ4n) is 2.54. The monoisotopic (exact) mass is 256 g/mol. The van der Waals surface area contributed by atoms with Crippen LogP contribution < -0.4 is 11.5 Å². The van der Waals surface area contributed by atoms with Crippen LogP contribution in [0.5, 0.6) is 0 Å². The molecule has 5 heteroatoms. The Morgan fingerprint density at radius 2 is 2.11 bits per heavy atom. The van der Waals surface area contributed by atoms with Gasteiger partial charge in [0.2, 0.25) is 5.91 Å². The van der Waals surface area contributed by atoms with E-state index in [1.54, 1.807) is 6.92 Å². The number of likely N-dealkylation sites (N-methyl/N-ethyl adjacent to an activating group) is 1. The highest BCUT2D eigenvalue weighted by Crippen LogP contribution is 2.12. The lowest BCUT2D eigenvalue weighted by atomic mass is 9.96. The molecule has 0 radical (unpaired) electrons. The SMILES string of the molecule is CCN1CCN(CCCC(C)(N)C(N)=O)CC1C. The summed E-state index contributed by atoms with van der Waals surface area (Å²) in [6.07, 6.45) is 1.58. The number of hydrogen-bond acceptors (Lipinski definition) is 4. The van der Waals surface area contributed by atoms with Gasteiger partial charge < -0.3 is 16.4 Å². The van der Waals surface area contributed by atoms with Crippen molar-refractivity contribution in [2.75, 3.05) is 32.7 Å². The van der Waals surface area contributed by atoms with Crippen LogP contribution in [0.4, 0.5) is 0 Å². The molecular formula is C13H28N4O. The van der Waals surface area contributed by atoms with Crippen molar-refractivity contribution < 1.29 is 4.79 Å². The maximum Gasteiger partial charge on any atom is 0.237 e. The van der Waals surface area contributed by atoms with Crippen LogP contribution in [0.25, 0.3) is 0 Å². The predicted molar refractivity (Wildman–Crippen MR) is 74.2 cm³/mol. The molecule has 0 bridgehead atoms. The minimum absolute atomic E-state index is 0.410. The fourth-order valence-corrected chi connectivity index (χ4v) is 2.54. The quantitative estimate of drug-likeness (QED) is 0.701. The lowest BCUT2D eigenvalue weighted by molar-refractivity contribution is -0.122. The number of nitrogens with zero attached hydrogens (tertiary/aromatic N) is 2. The molecule has 0 aromatic heterocycles. The number of carbonyl (C=O) groups is 1. The standard InChI is InChI=1S/C13H28N4O/c1-4-17-9-8-16(10-11(17)2)7-5-6-13(3,15)12(14)18/h11H,4-10,15H2,1-3H3,(H2,14,18). The highest BCUT2D eigenvalue weighted by atomic mass is 16.1. The Bertz CT molecular complexity index is 280. The van der Waals surface area contributed by atoms with Gasteiger partial charge >= 0.3 is 0 Å². The molecule has 1 heterocycles. The Labute approximate surface area is 110 Å². The van der Waals surface area contributed by atoms with E-state index in [4.69, 9.17) is 11.5 Å². The van der Waals surface area contributed by atoms with E-state index >= 15 is 0 Å². The van der Waals surface area contributed by atoms with Crippen LogP contribution in [0, 0.1) is 0 Å². The van der Waals surface area contributed by atoms with E-state index in [-0.39, 0.29) is 0 Å². The van der Waals surface area contributed by atoms with Crippen molar-refractivity contribution in [2.24, 2.45) is 11.5 Å². The number of hydrogen-bond donors (Lipinski definition) is 2. The normalized spacial score (nSPS) is 25.9. The Morgan fingerprint density at radius 1 is 1.44 bits per heavy atom. The first-order valence-corrected chi connectivity index (χ1v) is 6.92. The molecule has 4 N–H and O–H groups in total. The topological polar surface area (TPSA) is 75.6 Å². The maximum absolute atomic E-state index is 11.1. The number of carbonyl (C=O) groups excluding carboxylic acids is 1. The molecule has 1 aliphatic heterocycles. The molecule has 1 amide bonds. The van der Waals surface area contributed by atoms with Crippen molar-refractivity contribution in [3.05, 3.63) is 0 Å². The Hall–Kier alpha value is -0.650. The van der Waals surface area contributed by atoms with E-state index in [0.717, 1.165) is 39.1 Å². The average molecular weight is 256 g/mol. The molecule has 2 atom stereocenters. The van der Waals surface area contributed by atoms with Gasteiger partial charge in [-0.3, -0.25) is 9.69 Å². The highest BCUT2D eigenvalue weighted by molar-refractivity contribution is 5.83. The summed E-state index contributed by atoms with van der Waals surface area (Å²) in [6, 6.07) is 0.615. The number of amides is 1. The van der Waals surface area contributed by atoms with E-state index in [1.807, 2.05) is 0 Å². The summed E-state index contributed by atoms with van der Waals surface area (Å²) in [4.78, 5) is 16.1. The van der Waals surface area contributed by atoms with Gasteiger partial charge in [0.25, 0.3) is 0 Å². The predicted octanol–water partition coefficient (Wildman–Crippen LogP) is -0.00470. The average Bonchev–Trinajstić information content (AvgIpc) is 2.29. The molecular weight excluding hydrogens is 228 g/mol. The van der Waals surface area contributed by atoms with Crippen LogP contribution >= 0.6 is 0 Å². The molecule has 0 spiro atoms. The van der Waals surface area contributed by atoms with Crippen LogP contribution in [0.15, 0.2) is 0 Å². The van der Waals surface area contributed by atoms with Crippen LogP contribution in [0.1, 0.15) is 33.6 Å². The maximum atomic E-state index is 11.1. The minimum atomic E-state index is -0.864. The lowest BCUT2D eigenvalue weighted by Crippen LogP contribution is -2.52. The summed E-state index contributed by atoms with van der Waals surface area (Å²) in [7, 11) is 0. The Kier molecular flexibility index (Phi) is 5.56. The van der Waals surface area contributed by atoms with Gasteiger partial charge in [-0.1, -0.05) is 6.92 Å². The second kappa shape index (κ2) is 6.50. The molecule has 1 fully saturated rings. The second-order valence-corrected chi connectivity index (χ2v) is 5.66. The van der Waals surface area contributed by atoms with Crippen LogP contribution in [0.2, 0.25) is 0 Å². The Balaban J connectivity index is 2.27. The highest BCUT2D eigenvalue weighted by Gasteiger charge is 2.26. The number of nitrogens with two attached hydrogens (primary N) is 2. The smallest absolute Gasteiger partial charge is 0.237 e. The van der Waals surface area contributed by atoms with Gasteiger partial charge in [-0.15, -0.1) is 0 Å². The van der Waals surface area contributed by atoms with Gasteiger partial charge in [0.05, 0.1) is 5.54 Å². The van der Waals surface area contributed by atoms with Crippen molar-refractivity contribution in [2.45, 2.75) is 45.2 Å². The van der Waals surface area contributed by atoms with E-state index in [2.05, 4.69) is 23.6 Å². The van der Waals surface area contributed by atoms with Crippen molar-refractivity contribution in [1.82, 2.24) is 9.80 Å². The first-order chi connectivity index (χ1) is 8.36. The summed E-state index contributed by atoms with van der Waals surface area (Å²) < 4.78 is 0. The van der Waals surface area contributed by atoms with Crippen molar-refractivity contribution >= 4 is 5.91 Å². The summed E-state index contributed by atoms with van der Waals surface area (Å²) in [5.41, 5.74) is 10.2. The molecule has 5 nitrogen and oxygen atoms in total. The molecule has 1 saturated heterocycles. The zero-order valence-electron chi connectivity index (χ0n) is 12.0. The van der Waals surface area contributed by atoms with Crippen LogP contribution in [0.3, 0.4) is 0 Å². The Morgan fingerprint density at radius 3 is 2.61 bits per heavy atom. The van der Waals surface area contributed by atoms with E-state index < -0.39 is 11.4 Å². The molecule has 1 rings (SSSR count). The van der Waals surface area contributed by atoms with Gasteiger partial charge in [0, 0.05) is 25.7 Å². The van der Waals surface area contributed by atoms with E-state index in [0.29, 0.717) is 12.5 Å². The van der Waals surface area contributed by atoms with Crippen molar-refractivity contribution in [3.8, 4) is 0 Å². The minimum Gasteiger partial charge on any atom is -0.368 e. The third-order valence-corrected chi connectivity index (χ3v) is 3.99. The first kappa shape index (κ1) is 15.4. The second-order valence-electron chi connectivity index (χ2n) is 5.66. The first-order valence-electron chi connectivity index (χ1n) is 6.92. The van der Waals surface area contributed by atoms with Gasteiger partial charge in [-0.2, -0.15) is 0 Å². The zero-order valence-corrected chi connectivity index (χ0v) is 12.0. The zero-order chi connectivity index (χ0) is 13.8. The molecule has 0 aromatic rings. The van der Waals surface area contributed by atoms with Crippen molar-refractivity contribution in [3.63, 3.8) is 0 Å². The van der Waals surface area contributed by atoms with Gasteiger partial charge in [-0.05, 0) is 39.8 Å². The summed E-state index contributed by atoms with van der Waals surface area (Å²) >= 11 is 0. The van der Waals surface area contributed by atoms with Crippen LogP contribution in [-0.4, -0.2) is 60.0 Å². The molecule has 0 saturated carbocycles. The molecule has 0 aliphatic carbocycles. The molecule has 1 aliphatic rings. The van der Waals surface area contributed by atoms with E-state index in [1.165, 1.54) is 0 Å². The third kappa shape index (κ3) is 4.23. The number of rotatable bonds is 6. The van der Waals surface area contributed by atoms with Gasteiger partial charge in [-0.25, -0.2) is 0 Å². The lowest BCUT2D eigenvalue weighted by Gasteiger charge is -2.39. The fraction of sp³-hybridized carbons (Fsp3) is 0.923.